The molecule has 0 aliphatic heterocycles. The fourth-order valence-corrected chi connectivity index (χ4v) is 3.32. The molecule has 1 saturated carbocycles. The Morgan fingerprint density at radius 3 is 2.62 bits per heavy atom. The van der Waals surface area contributed by atoms with Gasteiger partial charge >= 0.3 is 5.97 Å². The van der Waals surface area contributed by atoms with E-state index in [1.165, 1.54) is 24.2 Å². The smallest absolute Gasteiger partial charge is 0.326 e. The summed E-state index contributed by atoms with van der Waals surface area (Å²) in [4.78, 5) is 28.5. The van der Waals surface area contributed by atoms with Crippen molar-refractivity contribution < 1.29 is 14.7 Å². The first-order valence-electron chi connectivity index (χ1n) is 7.36. The molecular formula is C15H22N2O3S. The molecule has 2 N–H and O–H groups in total. The maximum absolute atomic E-state index is 12.3. The highest BCUT2D eigenvalue weighted by Gasteiger charge is 2.26. The van der Waals surface area contributed by atoms with Crippen LogP contribution >= 0.6 is 11.3 Å². The first-order chi connectivity index (χ1) is 9.86. The van der Waals surface area contributed by atoms with Crippen LogP contribution in [-0.2, 0) is 11.2 Å². The monoisotopic (exact) mass is 310 g/mol. The van der Waals surface area contributed by atoms with Gasteiger partial charge in [-0.15, -0.1) is 11.3 Å². The molecule has 1 aromatic heterocycles. The second-order valence-corrected chi connectivity index (χ2v) is 7.25. The van der Waals surface area contributed by atoms with E-state index in [0.29, 0.717) is 17.0 Å². The first-order valence-corrected chi connectivity index (χ1v) is 8.18. The highest BCUT2D eigenvalue weighted by molar-refractivity contribution is 7.13. The van der Waals surface area contributed by atoms with Crippen LogP contribution in [-0.4, -0.2) is 28.0 Å². The van der Waals surface area contributed by atoms with Gasteiger partial charge < -0.3 is 10.4 Å². The number of amides is 1. The summed E-state index contributed by atoms with van der Waals surface area (Å²) in [6, 6.07) is -0.842. The summed E-state index contributed by atoms with van der Waals surface area (Å²) in [6.45, 7) is 5.68. The third-order valence-electron chi connectivity index (χ3n) is 3.52. The molecule has 0 aromatic carbocycles. The average Bonchev–Trinajstić information content (AvgIpc) is 3.10. The zero-order chi connectivity index (χ0) is 15.6. The van der Waals surface area contributed by atoms with Crippen LogP contribution in [0.4, 0.5) is 0 Å². The van der Waals surface area contributed by atoms with Crippen LogP contribution in [0, 0.1) is 18.8 Å². The number of carboxylic acid groups (broad SMARTS) is 1. The Balaban J connectivity index is 2.03. The van der Waals surface area contributed by atoms with Gasteiger partial charge in [0.1, 0.15) is 10.9 Å². The van der Waals surface area contributed by atoms with Crippen molar-refractivity contribution >= 4 is 23.2 Å². The quantitative estimate of drug-likeness (QED) is 0.811. The molecular weight excluding hydrogens is 288 g/mol. The molecule has 0 spiro atoms. The predicted octanol–water partition coefficient (Wildman–Crippen LogP) is 2.63. The lowest BCUT2D eigenvalue weighted by atomic mass is 10.0. The van der Waals surface area contributed by atoms with Gasteiger partial charge in [0, 0.05) is 6.42 Å². The second-order valence-electron chi connectivity index (χ2n) is 6.16. The third kappa shape index (κ3) is 4.52. The van der Waals surface area contributed by atoms with Crippen LogP contribution in [0.1, 0.15) is 53.5 Å². The van der Waals surface area contributed by atoms with Gasteiger partial charge in [0.15, 0.2) is 0 Å². The van der Waals surface area contributed by atoms with E-state index in [4.69, 9.17) is 0 Å². The van der Waals surface area contributed by atoms with Gasteiger partial charge in [-0.1, -0.05) is 13.8 Å². The van der Waals surface area contributed by atoms with Crippen LogP contribution in [0.3, 0.4) is 0 Å². The minimum atomic E-state index is -0.988. The number of thiazole rings is 1. The summed E-state index contributed by atoms with van der Waals surface area (Å²) in [6.07, 6.45) is 3.85. The highest BCUT2D eigenvalue weighted by Crippen LogP contribution is 2.34. The average molecular weight is 310 g/mol. The van der Waals surface area contributed by atoms with Gasteiger partial charge in [-0.25, -0.2) is 9.78 Å². The number of carboxylic acids is 1. The van der Waals surface area contributed by atoms with Crippen molar-refractivity contribution in [3.05, 3.63) is 15.6 Å². The molecule has 1 heterocycles. The molecule has 0 bridgehead atoms. The van der Waals surface area contributed by atoms with E-state index in [9.17, 15) is 14.7 Å². The van der Waals surface area contributed by atoms with Gasteiger partial charge in [-0.2, -0.15) is 0 Å². The summed E-state index contributed by atoms with van der Waals surface area (Å²) in [7, 11) is 0. The van der Waals surface area contributed by atoms with Crippen LogP contribution in [0.15, 0.2) is 0 Å². The lowest BCUT2D eigenvalue weighted by Gasteiger charge is -2.15. The molecule has 2 rings (SSSR count). The standard InChI is InChI=1S/C15H22N2O3S/c1-8(2)6-11(15(19)20)17-14(18)13-9(3)16-12(21-13)7-10-4-5-10/h8,10-11H,4-7H2,1-3H3,(H,17,18)(H,19,20)/t11-/m1/s1. The number of hydrogen-bond donors (Lipinski definition) is 2. The Morgan fingerprint density at radius 2 is 2.10 bits per heavy atom. The second kappa shape index (κ2) is 6.56. The van der Waals surface area contributed by atoms with Crippen molar-refractivity contribution in [2.75, 3.05) is 0 Å². The number of rotatable bonds is 7. The van der Waals surface area contributed by atoms with Crippen LogP contribution < -0.4 is 5.32 Å². The Kier molecular flexibility index (Phi) is 4.98. The molecule has 0 unspecified atom stereocenters. The summed E-state index contributed by atoms with van der Waals surface area (Å²) >= 11 is 1.39. The molecule has 1 fully saturated rings. The minimum absolute atomic E-state index is 0.208. The van der Waals surface area contributed by atoms with E-state index in [2.05, 4.69) is 10.3 Å². The maximum Gasteiger partial charge on any atom is 0.326 e. The summed E-state index contributed by atoms with van der Waals surface area (Å²) in [5, 5.41) is 12.8. The third-order valence-corrected chi connectivity index (χ3v) is 4.70. The number of hydrogen-bond acceptors (Lipinski definition) is 4. The summed E-state index contributed by atoms with van der Waals surface area (Å²) in [5.74, 6) is -0.379. The molecule has 5 nitrogen and oxygen atoms in total. The number of aryl methyl sites for hydroxylation is 1. The topological polar surface area (TPSA) is 79.3 Å². The van der Waals surface area contributed by atoms with Gasteiger partial charge in [-0.3, -0.25) is 4.79 Å². The molecule has 116 valence electrons. The molecule has 1 aliphatic rings. The van der Waals surface area contributed by atoms with Crippen LogP contribution in [0.2, 0.25) is 0 Å². The van der Waals surface area contributed by atoms with Crippen molar-refractivity contribution in [1.82, 2.24) is 10.3 Å². The van der Waals surface area contributed by atoms with Crippen molar-refractivity contribution in [3.8, 4) is 0 Å². The Bertz CT molecular complexity index is 535. The lowest BCUT2D eigenvalue weighted by molar-refractivity contribution is -0.139. The molecule has 1 aromatic rings. The first kappa shape index (κ1) is 15.9. The maximum atomic E-state index is 12.3. The Labute approximate surface area is 128 Å². The van der Waals surface area contributed by atoms with E-state index in [1.807, 2.05) is 13.8 Å². The molecule has 1 amide bonds. The number of aliphatic carboxylic acids is 1. The van der Waals surface area contributed by atoms with Gasteiger partial charge in [0.2, 0.25) is 0 Å². The zero-order valence-corrected chi connectivity index (χ0v) is 13.5. The lowest BCUT2D eigenvalue weighted by Crippen LogP contribution is -2.41. The predicted molar refractivity (Wildman–Crippen MR) is 81.6 cm³/mol. The summed E-state index contributed by atoms with van der Waals surface area (Å²) in [5.41, 5.74) is 0.696. The van der Waals surface area contributed by atoms with Crippen LogP contribution in [0.25, 0.3) is 0 Å². The number of nitrogens with one attached hydrogen (secondary N) is 1. The summed E-state index contributed by atoms with van der Waals surface area (Å²) < 4.78 is 0. The highest BCUT2D eigenvalue weighted by atomic mass is 32.1. The Hall–Kier alpha value is -1.43. The van der Waals surface area contributed by atoms with Gasteiger partial charge in [0.25, 0.3) is 5.91 Å². The van der Waals surface area contributed by atoms with E-state index in [1.54, 1.807) is 6.92 Å². The molecule has 0 radical (unpaired) electrons. The molecule has 21 heavy (non-hydrogen) atoms. The fourth-order valence-electron chi connectivity index (χ4n) is 2.24. The minimum Gasteiger partial charge on any atom is -0.480 e. The van der Waals surface area contributed by atoms with Crippen LogP contribution in [0.5, 0.6) is 0 Å². The van der Waals surface area contributed by atoms with E-state index in [-0.39, 0.29) is 11.8 Å². The van der Waals surface area contributed by atoms with Gasteiger partial charge in [0.05, 0.1) is 10.7 Å². The van der Waals surface area contributed by atoms with Crippen molar-refractivity contribution in [2.24, 2.45) is 11.8 Å². The van der Waals surface area contributed by atoms with Crippen molar-refractivity contribution in [2.45, 2.75) is 52.5 Å². The van der Waals surface area contributed by atoms with Crippen molar-refractivity contribution in [3.63, 3.8) is 0 Å². The largest absolute Gasteiger partial charge is 0.480 e. The number of aromatic nitrogens is 1. The molecule has 6 heteroatoms. The van der Waals surface area contributed by atoms with Gasteiger partial charge in [-0.05, 0) is 38.0 Å². The van der Waals surface area contributed by atoms with E-state index >= 15 is 0 Å². The SMILES string of the molecule is Cc1nc(CC2CC2)sc1C(=O)N[C@H](CC(C)C)C(=O)O. The number of nitrogens with zero attached hydrogens (tertiary/aromatic N) is 1. The number of carbonyl (C=O) groups is 2. The molecule has 0 saturated heterocycles. The molecule has 1 atom stereocenters. The van der Waals surface area contributed by atoms with Crippen molar-refractivity contribution in [1.29, 1.82) is 0 Å². The fraction of sp³-hybridized carbons (Fsp3) is 0.667. The van der Waals surface area contributed by atoms with E-state index in [0.717, 1.165) is 17.3 Å². The zero-order valence-electron chi connectivity index (χ0n) is 12.7. The molecule has 1 aliphatic carbocycles. The van der Waals surface area contributed by atoms with E-state index < -0.39 is 12.0 Å². The number of carbonyl (C=O) groups excluding carboxylic acids is 1. The normalized spacial score (nSPS) is 16.0. The Morgan fingerprint density at radius 1 is 1.43 bits per heavy atom.